The zero-order valence-electron chi connectivity index (χ0n) is 19.3. The van der Waals surface area contributed by atoms with Crippen molar-refractivity contribution in [2.45, 2.75) is 37.6 Å². The number of hydrogen-bond donors (Lipinski definition) is 2. The van der Waals surface area contributed by atoms with Gasteiger partial charge in [0, 0.05) is 19.6 Å². The van der Waals surface area contributed by atoms with Gasteiger partial charge in [0.15, 0.2) is 17.0 Å². The van der Waals surface area contributed by atoms with Gasteiger partial charge in [-0.15, -0.1) is 0 Å². The summed E-state index contributed by atoms with van der Waals surface area (Å²) in [5, 5.41) is 3.55. The normalized spacial score (nSPS) is 18.1. The van der Waals surface area contributed by atoms with E-state index in [9.17, 15) is 0 Å². The molecule has 3 heterocycles. The van der Waals surface area contributed by atoms with Crippen molar-refractivity contribution in [2.24, 2.45) is 5.73 Å². The van der Waals surface area contributed by atoms with E-state index in [4.69, 9.17) is 15.2 Å². The van der Waals surface area contributed by atoms with Gasteiger partial charge in [-0.2, -0.15) is 0 Å². The van der Waals surface area contributed by atoms with Gasteiger partial charge >= 0.3 is 0 Å². The number of anilines is 1. The predicted octanol–water partition coefficient (Wildman–Crippen LogP) is 3.85. The molecule has 1 aliphatic heterocycles. The van der Waals surface area contributed by atoms with Crippen LogP contribution < -0.4 is 11.1 Å². The minimum atomic E-state index is -0.125. The molecule has 0 radical (unpaired) electrons. The lowest BCUT2D eigenvalue weighted by atomic mass is 9.91. The fourth-order valence-corrected chi connectivity index (χ4v) is 4.58. The summed E-state index contributed by atoms with van der Waals surface area (Å²) < 4.78 is 13.4. The van der Waals surface area contributed by atoms with E-state index in [2.05, 4.69) is 68.8 Å². The highest BCUT2D eigenvalue weighted by Gasteiger charge is 2.28. The molecule has 34 heavy (non-hydrogen) atoms. The summed E-state index contributed by atoms with van der Waals surface area (Å²) in [6, 6.07) is 21.0. The molecule has 4 aromatic rings. The van der Waals surface area contributed by atoms with Crippen LogP contribution in [0, 0.1) is 0 Å². The molecule has 1 aliphatic rings. The maximum Gasteiger partial charge on any atom is 0.167 e. The lowest BCUT2D eigenvalue weighted by molar-refractivity contribution is -0.0300. The minimum Gasteiger partial charge on any atom is -0.382 e. The molecule has 8 heteroatoms. The van der Waals surface area contributed by atoms with Crippen LogP contribution in [0.4, 0.5) is 5.82 Å². The van der Waals surface area contributed by atoms with Crippen molar-refractivity contribution in [1.82, 2.24) is 19.5 Å². The second-order valence-electron chi connectivity index (χ2n) is 8.52. The van der Waals surface area contributed by atoms with Crippen LogP contribution in [0.15, 0.2) is 67.0 Å². The molecule has 0 spiro atoms. The standard InChI is InChI=1S/C26H30N6O2/c1-33-16-20-12-13-23(34-20)32-17-29-24-25(30-22(14-27)31-26(24)32)28-15-21(18-8-4-2-5-9-18)19-10-6-3-7-11-19/h2-11,17,20-21,23H,12-16,27H2,1H3,(H,28,30,31). The molecule has 0 aliphatic carbocycles. The number of benzene rings is 2. The van der Waals surface area contributed by atoms with E-state index in [0.717, 1.165) is 24.0 Å². The Hall–Kier alpha value is -3.33. The van der Waals surface area contributed by atoms with Gasteiger partial charge in [0.2, 0.25) is 0 Å². The molecule has 2 aromatic carbocycles. The van der Waals surface area contributed by atoms with Gasteiger partial charge in [-0.1, -0.05) is 60.7 Å². The number of imidazole rings is 1. The Morgan fingerprint density at radius 1 is 1.06 bits per heavy atom. The highest BCUT2D eigenvalue weighted by molar-refractivity contribution is 5.83. The van der Waals surface area contributed by atoms with E-state index in [-0.39, 0.29) is 24.8 Å². The maximum absolute atomic E-state index is 6.17. The Kier molecular flexibility index (Phi) is 6.80. The van der Waals surface area contributed by atoms with Crippen molar-refractivity contribution in [1.29, 1.82) is 0 Å². The van der Waals surface area contributed by atoms with Crippen LogP contribution >= 0.6 is 0 Å². The van der Waals surface area contributed by atoms with Crippen molar-refractivity contribution < 1.29 is 9.47 Å². The fraction of sp³-hybridized carbons (Fsp3) is 0.346. The number of hydrogen-bond acceptors (Lipinski definition) is 7. The van der Waals surface area contributed by atoms with E-state index in [1.807, 2.05) is 16.7 Å². The molecule has 1 fully saturated rings. The average molecular weight is 459 g/mol. The van der Waals surface area contributed by atoms with E-state index in [1.54, 1.807) is 13.4 Å². The number of methoxy groups -OCH3 is 1. The number of nitrogens with zero attached hydrogens (tertiary/aromatic N) is 4. The van der Waals surface area contributed by atoms with Crippen LogP contribution in [0.1, 0.15) is 41.9 Å². The van der Waals surface area contributed by atoms with Gasteiger partial charge < -0.3 is 20.5 Å². The summed E-state index contributed by atoms with van der Waals surface area (Å²) in [6.07, 6.45) is 3.57. The third kappa shape index (κ3) is 4.65. The van der Waals surface area contributed by atoms with Gasteiger partial charge in [0.1, 0.15) is 12.1 Å². The summed E-state index contributed by atoms with van der Waals surface area (Å²) in [6.45, 7) is 1.49. The quantitative estimate of drug-likeness (QED) is 0.393. The van der Waals surface area contributed by atoms with Crippen LogP contribution in [0.5, 0.6) is 0 Å². The monoisotopic (exact) mass is 458 g/mol. The zero-order valence-corrected chi connectivity index (χ0v) is 19.3. The van der Waals surface area contributed by atoms with Crippen molar-refractivity contribution in [3.8, 4) is 0 Å². The number of aromatic nitrogens is 4. The van der Waals surface area contributed by atoms with E-state index in [1.165, 1.54) is 11.1 Å². The smallest absolute Gasteiger partial charge is 0.167 e. The van der Waals surface area contributed by atoms with E-state index < -0.39 is 0 Å². The third-order valence-corrected chi connectivity index (χ3v) is 6.28. The Morgan fingerprint density at radius 2 is 1.76 bits per heavy atom. The first kappa shape index (κ1) is 22.5. The van der Waals surface area contributed by atoms with Crippen molar-refractivity contribution in [3.05, 3.63) is 83.9 Å². The number of ether oxygens (including phenoxy) is 2. The summed E-state index contributed by atoms with van der Waals surface area (Å²) >= 11 is 0. The van der Waals surface area contributed by atoms with Crippen LogP contribution in [0.25, 0.3) is 11.2 Å². The van der Waals surface area contributed by atoms with Crippen LogP contribution in [-0.4, -0.2) is 45.9 Å². The van der Waals surface area contributed by atoms with Crippen molar-refractivity contribution >= 4 is 17.0 Å². The van der Waals surface area contributed by atoms with Gasteiger partial charge in [-0.3, -0.25) is 4.57 Å². The van der Waals surface area contributed by atoms with Gasteiger partial charge in [0.25, 0.3) is 0 Å². The summed E-state index contributed by atoms with van der Waals surface area (Å²) in [7, 11) is 1.69. The molecule has 0 saturated carbocycles. The predicted molar refractivity (Wildman–Crippen MR) is 131 cm³/mol. The molecule has 3 N–H and O–H groups in total. The van der Waals surface area contributed by atoms with E-state index in [0.29, 0.717) is 24.8 Å². The van der Waals surface area contributed by atoms with Gasteiger partial charge in [0.05, 0.1) is 25.6 Å². The van der Waals surface area contributed by atoms with Crippen LogP contribution in [-0.2, 0) is 16.0 Å². The largest absolute Gasteiger partial charge is 0.382 e. The van der Waals surface area contributed by atoms with Crippen LogP contribution in [0.3, 0.4) is 0 Å². The Labute approximate surface area is 199 Å². The summed E-state index contributed by atoms with van der Waals surface area (Å²) in [5.74, 6) is 1.41. The first-order chi connectivity index (χ1) is 16.8. The molecule has 2 aromatic heterocycles. The molecular weight excluding hydrogens is 428 g/mol. The second-order valence-corrected chi connectivity index (χ2v) is 8.52. The number of rotatable bonds is 9. The first-order valence-corrected chi connectivity index (χ1v) is 11.7. The highest BCUT2D eigenvalue weighted by Crippen LogP contribution is 2.32. The van der Waals surface area contributed by atoms with Gasteiger partial charge in [-0.05, 0) is 24.0 Å². The molecule has 0 amide bonds. The molecule has 2 unspecified atom stereocenters. The Balaban J connectivity index is 1.44. The summed E-state index contributed by atoms with van der Waals surface area (Å²) in [5.41, 5.74) is 9.87. The van der Waals surface area contributed by atoms with Crippen molar-refractivity contribution in [3.63, 3.8) is 0 Å². The SMILES string of the molecule is COCC1CCC(n2cnc3c(NCC(c4ccccc4)c4ccccc4)nc(CN)nc32)O1. The highest BCUT2D eigenvalue weighted by atomic mass is 16.5. The fourth-order valence-electron chi connectivity index (χ4n) is 4.58. The van der Waals surface area contributed by atoms with E-state index >= 15 is 0 Å². The lowest BCUT2D eigenvalue weighted by Gasteiger charge is -2.20. The molecule has 0 bridgehead atoms. The number of nitrogens with two attached hydrogens (primary N) is 1. The summed E-state index contributed by atoms with van der Waals surface area (Å²) in [4.78, 5) is 14.0. The number of nitrogens with one attached hydrogen (secondary N) is 1. The maximum atomic E-state index is 6.17. The van der Waals surface area contributed by atoms with Gasteiger partial charge in [-0.25, -0.2) is 15.0 Å². The Bertz CT molecular complexity index is 1170. The molecular formula is C26H30N6O2. The van der Waals surface area contributed by atoms with Crippen molar-refractivity contribution in [2.75, 3.05) is 25.6 Å². The molecule has 176 valence electrons. The number of fused-ring (bicyclic) bond motifs is 1. The molecule has 1 saturated heterocycles. The zero-order chi connectivity index (χ0) is 23.3. The first-order valence-electron chi connectivity index (χ1n) is 11.7. The molecule has 2 atom stereocenters. The lowest BCUT2D eigenvalue weighted by Crippen LogP contribution is -2.17. The minimum absolute atomic E-state index is 0.0818. The Morgan fingerprint density at radius 3 is 2.41 bits per heavy atom. The average Bonchev–Trinajstić information content (AvgIpc) is 3.52. The third-order valence-electron chi connectivity index (χ3n) is 6.28. The second kappa shape index (κ2) is 10.3. The van der Waals surface area contributed by atoms with Crippen LogP contribution in [0.2, 0.25) is 0 Å². The molecule has 8 nitrogen and oxygen atoms in total. The topological polar surface area (TPSA) is 100 Å². The molecule has 5 rings (SSSR count).